The van der Waals surface area contributed by atoms with Crippen molar-refractivity contribution in [3.63, 3.8) is 0 Å². The van der Waals surface area contributed by atoms with Gasteiger partial charge in [0.25, 0.3) is 5.56 Å². The third-order valence-electron chi connectivity index (χ3n) is 4.24. The molecular weight excluding hydrogens is 358 g/mol. The lowest BCUT2D eigenvalue weighted by Crippen LogP contribution is -2.29. The van der Waals surface area contributed by atoms with Gasteiger partial charge in [-0.15, -0.1) is 6.58 Å². The highest BCUT2D eigenvalue weighted by Crippen LogP contribution is 2.15. The predicted molar refractivity (Wildman–Crippen MR) is 111 cm³/mol. The standard InChI is InChI=1S/C21H23N3O2S/c1-2-10-24(11-3-4-16-5-7-19(25)8-6-16)21-22-18(14-20(26)23-21)13-17-9-12-27-15-17/h2,5-9,12,14-15,25H,1,3-4,10-11,13H2,(H,22,23,26). The molecular formula is C21H23N3O2S. The molecule has 0 amide bonds. The first kappa shape index (κ1) is 18.9. The number of thiophene rings is 1. The van der Waals surface area contributed by atoms with E-state index in [1.165, 1.54) is 11.1 Å². The Bertz CT molecular complexity index is 917. The number of nitrogens with zero attached hydrogens (tertiary/aromatic N) is 2. The maximum absolute atomic E-state index is 12.1. The topological polar surface area (TPSA) is 69.2 Å². The minimum Gasteiger partial charge on any atom is -0.508 e. The van der Waals surface area contributed by atoms with Crippen LogP contribution in [0.2, 0.25) is 0 Å². The molecule has 140 valence electrons. The molecule has 2 N–H and O–H groups in total. The fourth-order valence-corrected chi connectivity index (χ4v) is 3.60. The number of phenolic OH excluding ortho intramolecular Hbond substituents is 1. The van der Waals surface area contributed by atoms with Crippen molar-refractivity contribution < 1.29 is 5.11 Å². The highest BCUT2D eigenvalue weighted by Gasteiger charge is 2.10. The van der Waals surface area contributed by atoms with Crippen LogP contribution in [0, 0.1) is 0 Å². The molecule has 0 bridgehead atoms. The number of aromatic amines is 1. The molecule has 0 aliphatic rings. The molecule has 2 heterocycles. The van der Waals surface area contributed by atoms with E-state index >= 15 is 0 Å². The lowest BCUT2D eigenvalue weighted by Gasteiger charge is -2.22. The van der Waals surface area contributed by atoms with Crippen molar-refractivity contribution in [2.75, 3.05) is 18.0 Å². The van der Waals surface area contributed by atoms with Crippen LogP contribution >= 0.6 is 11.3 Å². The van der Waals surface area contributed by atoms with E-state index in [2.05, 4.69) is 28.0 Å². The lowest BCUT2D eigenvalue weighted by atomic mass is 10.1. The van der Waals surface area contributed by atoms with E-state index in [4.69, 9.17) is 0 Å². The Morgan fingerprint density at radius 2 is 2.04 bits per heavy atom. The van der Waals surface area contributed by atoms with E-state index in [-0.39, 0.29) is 11.3 Å². The smallest absolute Gasteiger partial charge is 0.274 e. The minimum atomic E-state index is -0.235. The summed E-state index contributed by atoms with van der Waals surface area (Å²) in [4.78, 5) is 21.6. The second-order valence-corrected chi connectivity index (χ2v) is 7.16. The zero-order valence-corrected chi connectivity index (χ0v) is 15.9. The van der Waals surface area contributed by atoms with Crippen LogP contribution in [-0.2, 0) is 12.8 Å². The van der Waals surface area contributed by atoms with Crippen LogP contribution in [0.3, 0.4) is 0 Å². The summed E-state index contributed by atoms with van der Waals surface area (Å²) in [5.74, 6) is 0.856. The van der Waals surface area contributed by atoms with Gasteiger partial charge in [-0.1, -0.05) is 18.2 Å². The van der Waals surface area contributed by atoms with Gasteiger partial charge in [-0.05, 0) is 52.9 Å². The van der Waals surface area contributed by atoms with Crippen molar-refractivity contribution >= 4 is 17.3 Å². The molecule has 2 aromatic heterocycles. The number of benzene rings is 1. The first-order valence-corrected chi connectivity index (χ1v) is 9.83. The number of hydrogen-bond donors (Lipinski definition) is 2. The van der Waals surface area contributed by atoms with E-state index < -0.39 is 0 Å². The lowest BCUT2D eigenvalue weighted by molar-refractivity contribution is 0.475. The number of nitrogens with one attached hydrogen (secondary N) is 1. The number of H-pyrrole nitrogens is 1. The fraction of sp³-hybridized carbons (Fsp3) is 0.238. The van der Waals surface area contributed by atoms with E-state index in [0.29, 0.717) is 18.9 Å². The van der Waals surface area contributed by atoms with Crippen LogP contribution in [0.5, 0.6) is 5.75 Å². The number of aryl methyl sites for hydroxylation is 1. The van der Waals surface area contributed by atoms with E-state index in [9.17, 15) is 9.90 Å². The van der Waals surface area contributed by atoms with Gasteiger partial charge in [0.05, 0.1) is 0 Å². The minimum absolute atomic E-state index is 0.235. The normalized spacial score (nSPS) is 10.7. The molecule has 0 saturated carbocycles. The van der Waals surface area contributed by atoms with Gasteiger partial charge in [-0.3, -0.25) is 4.79 Å². The van der Waals surface area contributed by atoms with Crippen LogP contribution < -0.4 is 10.5 Å². The molecule has 0 spiro atoms. The van der Waals surface area contributed by atoms with E-state index in [1.54, 1.807) is 29.5 Å². The average molecular weight is 382 g/mol. The molecule has 6 heteroatoms. The van der Waals surface area contributed by atoms with E-state index in [1.807, 2.05) is 28.5 Å². The van der Waals surface area contributed by atoms with Crippen molar-refractivity contribution in [3.05, 3.63) is 87.0 Å². The van der Waals surface area contributed by atoms with Gasteiger partial charge in [0.15, 0.2) is 0 Å². The molecule has 0 radical (unpaired) electrons. The fourth-order valence-electron chi connectivity index (χ4n) is 2.93. The van der Waals surface area contributed by atoms with Gasteiger partial charge >= 0.3 is 0 Å². The molecule has 3 aromatic rings. The number of anilines is 1. The highest BCUT2D eigenvalue weighted by atomic mass is 32.1. The van der Waals surface area contributed by atoms with Gasteiger partial charge in [-0.25, -0.2) is 0 Å². The maximum Gasteiger partial charge on any atom is 0.274 e. The molecule has 0 aliphatic heterocycles. The Morgan fingerprint density at radius 1 is 1.22 bits per heavy atom. The number of aromatic nitrogens is 2. The van der Waals surface area contributed by atoms with E-state index in [0.717, 1.165) is 25.1 Å². The molecule has 1 aromatic carbocycles. The zero-order valence-electron chi connectivity index (χ0n) is 15.1. The summed E-state index contributed by atoms with van der Waals surface area (Å²) in [6.07, 6.45) is 4.28. The van der Waals surface area contributed by atoms with Gasteiger partial charge in [-0.2, -0.15) is 16.3 Å². The van der Waals surface area contributed by atoms with Crippen LogP contribution in [0.4, 0.5) is 5.95 Å². The highest BCUT2D eigenvalue weighted by molar-refractivity contribution is 7.07. The van der Waals surface area contributed by atoms with Gasteiger partial charge in [0, 0.05) is 31.3 Å². The molecule has 0 unspecified atom stereocenters. The molecule has 0 atom stereocenters. The summed E-state index contributed by atoms with van der Waals surface area (Å²) in [5.41, 5.74) is 2.96. The van der Waals surface area contributed by atoms with Gasteiger partial charge in [0.1, 0.15) is 5.75 Å². The third-order valence-corrected chi connectivity index (χ3v) is 4.97. The Morgan fingerprint density at radius 3 is 2.74 bits per heavy atom. The van der Waals surface area contributed by atoms with Crippen LogP contribution in [-0.4, -0.2) is 28.2 Å². The number of rotatable bonds is 9. The molecule has 0 fully saturated rings. The molecule has 27 heavy (non-hydrogen) atoms. The SMILES string of the molecule is C=CCN(CCCc1ccc(O)cc1)c1nc(=O)cc(Cc2ccsc2)[nH]1. The van der Waals surface area contributed by atoms with Crippen molar-refractivity contribution in [2.45, 2.75) is 19.3 Å². The predicted octanol–water partition coefficient (Wildman–Crippen LogP) is 3.75. The van der Waals surface area contributed by atoms with Gasteiger partial charge in [0.2, 0.25) is 5.95 Å². The number of phenols is 1. The summed E-state index contributed by atoms with van der Waals surface area (Å²) < 4.78 is 0. The number of aromatic hydroxyl groups is 1. The van der Waals surface area contributed by atoms with Crippen molar-refractivity contribution in [2.24, 2.45) is 0 Å². The Hall–Kier alpha value is -2.86. The van der Waals surface area contributed by atoms with Gasteiger partial charge < -0.3 is 15.0 Å². The Kier molecular flexibility index (Phi) is 6.44. The molecule has 5 nitrogen and oxygen atoms in total. The molecule has 0 saturated heterocycles. The first-order valence-electron chi connectivity index (χ1n) is 8.89. The summed E-state index contributed by atoms with van der Waals surface area (Å²) in [6, 6.07) is 10.9. The average Bonchev–Trinajstić information content (AvgIpc) is 3.15. The van der Waals surface area contributed by atoms with Crippen LogP contribution in [0.25, 0.3) is 0 Å². The second-order valence-electron chi connectivity index (χ2n) is 6.38. The second kappa shape index (κ2) is 9.19. The monoisotopic (exact) mass is 381 g/mol. The summed E-state index contributed by atoms with van der Waals surface area (Å²) >= 11 is 1.64. The summed E-state index contributed by atoms with van der Waals surface area (Å²) in [5, 5.41) is 13.5. The van der Waals surface area contributed by atoms with Crippen molar-refractivity contribution in [1.29, 1.82) is 0 Å². The quantitative estimate of drug-likeness (QED) is 0.554. The summed E-state index contributed by atoms with van der Waals surface area (Å²) in [7, 11) is 0. The molecule has 3 rings (SSSR count). The largest absolute Gasteiger partial charge is 0.508 e. The van der Waals surface area contributed by atoms with Crippen LogP contribution in [0.15, 0.2) is 64.6 Å². The summed E-state index contributed by atoms with van der Waals surface area (Å²) in [6.45, 7) is 5.18. The number of hydrogen-bond acceptors (Lipinski definition) is 5. The Labute approximate surface area is 162 Å². The molecule has 0 aliphatic carbocycles. The maximum atomic E-state index is 12.1. The van der Waals surface area contributed by atoms with Crippen LogP contribution in [0.1, 0.15) is 23.2 Å². The third kappa shape index (κ3) is 5.56. The Balaban J connectivity index is 1.69. The zero-order chi connectivity index (χ0) is 19.1. The van der Waals surface area contributed by atoms with Crippen molar-refractivity contribution in [1.82, 2.24) is 9.97 Å². The van der Waals surface area contributed by atoms with Crippen molar-refractivity contribution in [3.8, 4) is 5.75 Å². The first-order chi connectivity index (χ1) is 13.1.